The van der Waals surface area contributed by atoms with Crippen LogP contribution in [0.3, 0.4) is 0 Å². The second-order valence-electron chi connectivity index (χ2n) is 6.99. The van der Waals surface area contributed by atoms with Crippen LogP contribution in [0, 0.1) is 15.9 Å². The van der Waals surface area contributed by atoms with Crippen molar-refractivity contribution in [3.63, 3.8) is 0 Å². The van der Waals surface area contributed by atoms with Crippen molar-refractivity contribution in [3.05, 3.63) is 93.2 Å². The number of hydrogen-bond acceptors (Lipinski definition) is 5. The predicted octanol–water partition coefficient (Wildman–Crippen LogP) is 6.58. The molecular formula is C23H19ClFN3O5. The molecule has 0 saturated heterocycles. The molecule has 0 bridgehead atoms. The monoisotopic (exact) mass is 471 g/mol. The molecular weight excluding hydrogens is 453 g/mol. The van der Waals surface area contributed by atoms with Crippen LogP contribution in [-0.4, -0.2) is 23.0 Å². The molecule has 8 nitrogen and oxygen atoms in total. The molecule has 3 rings (SSSR count). The van der Waals surface area contributed by atoms with Crippen LogP contribution < -0.4 is 10.1 Å². The molecule has 2 amide bonds. The minimum Gasteiger partial charge on any atom is -0.474 e. The van der Waals surface area contributed by atoms with Gasteiger partial charge < -0.3 is 14.8 Å². The summed E-state index contributed by atoms with van der Waals surface area (Å²) in [6.07, 6.45) is -0.332. The molecule has 170 valence electrons. The van der Waals surface area contributed by atoms with Crippen molar-refractivity contribution in [2.45, 2.75) is 20.0 Å². The molecule has 0 heterocycles. The molecule has 33 heavy (non-hydrogen) atoms. The first-order valence-electron chi connectivity index (χ1n) is 9.76. The number of aliphatic imine (C=N–C) groups is 1. The lowest BCUT2D eigenvalue weighted by Crippen LogP contribution is -2.18. The largest absolute Gasteiger partial charge is 0.474 e. The predicted molar refractivity (Wildman–Crippen MR) is 123 cm³/mol. The number of carbonyl (C=O) groups excluding carboxylic acids is 1. The third-order valence-electron chi connectivity index (χ3n) is 4.11. The van der Waals surface area contributed by atoms with E-state index in [-0.39, 0.29) is 34.0 Å². The van der Waals surface area contributed by atoms with Gasteiger partial charge in [0.25, 0.3) is 5.69 Å². The van der Waals surface area contributed by atoms with Gasteiger partial charge in [0.1, 0.15) is 17.3 Å². The fourth-order valence-electron chi connectivity index (χ4n) is 2.68. The number of carbonyl (C=O) groups is 1. The van der Waals surface area contributed by atoms with Crippen LogP contribution in [0.25, 0.3) is 0 Å². The molecule has 0 aliphatic heterocycles. The second kappa shape index (κ2) is 10.6. The number of anilines is 1. The summed E-state index contributed by atoms with van der Waals surface area (Å²) in [5.41, 5.74) is 0.316. The Hall–Kier alpha value is -3.98. The number of nitro groups is 1. The Labute approximate surface area is 193 Å². The molecule has 0 aliphatic rings. The summed E-state index contributed by atoms with van der Waals surface area (Å²) in [5.74, 6) is -0.0863. The minimum absolute atomic E-state index is 0.0613. The maximum Gasteiger partial charge on any atom is 0.348 e. The lowest BCUT2D eigenvalue weighted by molar-refractivity contribution is -0.384. The van der Waals surface area contributed by atoms with Gasteiger partial charge in [0.2, 0.25) is 5.90 Å². The Balaban J connectivity index is 1.74. The molecule has 0 saturated carbocycles. The lowest BCUT2D eigenvalue weighted by atomic mass is 10.2. The summed E-state index contributed by atoms with van der Waals surface area (Å²) in [6.45, 7) is 3.47. The van der Waals surface area contributed by atoms with Crippen LogP contribution in [0.15, 0.2) is 71.7 Å². The van der Waals surface area contributed by atoms with E-state index in [0.29, 0.717) is 11.4 Å². The Morgan fingerprint density at radius 3 is 2.42 bits per heavy atom. The van der Waals surface area contributed by atoms with Crippen molar-refractivity contribution in [1.82, 2.24) is 0 Å². The van der Waals surface area contributed by atoms with Gasteiger partial charge in [-0.2, -0.15) is 4.99 Å². The highest BCUT2D eigenvalue weighted by Crippen LogP contribution is 2.32. The summed E-state index contributed by atoms with van der Waals surface area (Å²) in [7, 11) is 0. The molecule has 0 radical (unpaired) electrons. The summed E-state index contributed by atoms with van der Waals surface area (Å²) < 4.78 is 25.3. The van der Waals surface area contributed by atoms with Gasteiger partial charge in [-0.3, -0.25) is 10.1 Å². The number of ether oxygens (including phenoxy) is 2. The lowest BCUT2D eigenvalue weighted by Gasteiger charge is -2.13. The Morgan fingerprint density at radius 2 is 1.82 bits per heavy atom. The first-order chi connectivity index (χ1) is 15.7. The highest BCUT2D eigenvalue weighted by Gasteiger charge is 2.15. The minimum atomic E-state index is -0.783. The number of nitrogens with zero attached hydrogens (tertiary/aromatic N) is 2. The molecule has 10 heteroatoms. The number of benzene rings is 3. The van der Waals surface area contributed by atoms with Crippen LogP contribution >= 0.6 is 11.6 Å². The van der Waals surface area contributed by atoms with E-state index in [0.717, 1.165) is 0 Å². The van der Waals surface area contributed by atoms with Crippen molar-refractivity contribution in [1.29, 1.82) is 0 Å². The Kier molecular flexibility index (Phi) is 7.57. The summed E-state index contributed by atoms with van der Waals surface area (Å²) >= 11 is 6.24. The standard InChI is InChI=1S/C23H19ClFN3O5/c1-14(2)32-22(18-5-3-4-6-20(18)25)27-23(29)26-15-7-12-21(19(24)13-15)33-17-10-8-16(9-11-17)28(30)31/h3-14H,1-2H3,(H,26,29)/b27-22-. The SMILES string of the molecule is CC(C)O/C(=N\C(=O)Nc1ccc(Oc2ccc([N+](=O)[O-])cc2)c(Cl)c1)c1ccccc1F. The average molecular weight is 472 g/mol. The van der Waals surface area contributed by atoms with Crippen LogP contribution in [0.5, 0.6) is 11.5 Å². The fourth-order valence-corrected chi connectivity index (χ4v) is 2.89. The Morgan fingerprint density at radius 1 is 1.12 bits per heavy atom. The molecule has 1 N–H and O–H groups in total. The van der Waals surface area contributed by atoms with Crippen molar-refractivity contribution in [2.24, 2.45) is 4.99 Å². The molecule has 0 fully saturated rings. The zero-order chi connectivity index (χ0) is 24.0. The number of amides is 2. The number of halogens is 2. The third kappa shape index (κ3) is 6.50. The van der Waals surface area contributed by atoms with Gasteiger partial charge in [0.05, 0.1) is 21.6 Å². The average Bonchev–Trinajstić information content (AvgIpc) is 2.75. The van der Waals surface area contributed by atoms with Gasteiger partial charge in [-0.05, 0) is 56.3 Å². The number of urea groups is 1. The smallest absolute Gasteiger partial charge is 0.348 e. The first-order valence-corrected chi connectivity index (χ1v) is 10.1. The zero-order valence-corrected chi connectivity index (χ0v) is 18.4. The van der Waals surface area contributed by atoms with Gasteiger partial charge in [-0.25, -0.2) is 9.18 Å². The maximum atomic E-state index is 14.1. The maximum absolute atomic E-state index is 14.1. The quantitative estimate of drug-likeness (QED) is 0.189. The zero-order valence-electron chi connectivity index (χ0n) is 17.6. The van der Waals surface area contributed by atoms with Crippen LogP contribution in [0.1, 0.15) is 19.4 Å². The van der Waals surface area contributed by atoms with E-state index < -0.39 is 16.8 Å². The van der Waals surface area contributed by atoms with E-state index in [4.69, 9.17) is 21.1 Å². The van der Waals surface area contributed by atoms with Crippen molar-refractivity contribution >= 4 is 34.9 Å². The third-order valence-corrected chi connectivity index (χ3v) is 4.41. The molecule has 3 aromatic carbocycles. The summed E-state index contributed by atoms with van der Waals surface area (Å²) in [4.78, 5) is 26.5. The van der Waals surface area contributed by atoms with Crippen molar-refractivity contribution in [3.8, 4) is 11.5 Å². The molecule has 0 aromatic heterocycles. The molecule has 0 spiro atoms. The van der Waals surface area contributed by atoms with Gasteiger partial charge >= 0.3 is 6.03 Å². The number of nitrogens with one attached hydrogen (secondary N) is 1. The molecule has 3 aromatic rings. The normalized spacial score (nSPS) is 11.2. The van der Waals surface area contributed by atoms with Gasteiger partial charge in [0.15, 0.2) is 0 Å². The van der Waals surface area contributed by atoms with E-state index >= 15 is 0 Å². The summed E-state index contributed by atoms with van der Waals surface area (Å²) in [6, 6.07) is 15.1. The molecule has 0 aliphatic carbocycles. The number of rotatable bonds is 6. The van der Waals surface area contributed by atoms with Gasteiger partial charge in [-0.1, -0.05) is 23.7 Å². The number of non-ortho nitro benzene ring substituents is 1. The van der Waals surface area contributed by atoms with E-state index in [1.54, 1.807) is 19.9 Å². The van der Waals surface area contributed by atoms with E-state index in [2.05, 4.69) is 10.3 Å². The Bertz CT molecular complexity index is 1200. The van der Waals surface area contributed by atoms with Crippen molar-refractivity contribution in [2.75, 3.05) is 5.32 Å². The fraction of sp³-hybridized carbons (Fsp3) is 0.130. The van der Waals surface area contributed by atoms with E-state index in [1.807, 2.05) is 0 Å². The van der Waals surface area contributed by atoms with Gasteiger partial charge in [0, 0.05) is 17.8 Å². The first kappa shape index (κ1) is 23.7. The van der Waals surface area contributed by atoms with Crippen LogP contribution in [0.4, 0.5) is 20.6 Å². The topological polar surface area (TPSA) is 103 Å². The number of hydrogen-bond donors (Lipinski definition) is 1. The van der Waals surface area contributed by atoms with Crippen LogP contribution in [0.2, 0.25) is 5.02 Å². The second-order valence-corrected chi connectivity index (χ2v) is 7.40. The van der Waals surface area contributed by atoms with Gasteiger partial charge in [-0.15, -0.1) is 0 Å². The van der Waals surface area contributed by atoms with E-state index in [9.17, 15) is 19.3 Å². The molecule has 0 atom stereocenters. The van der Waals surface area contributed by atoms with Crippen molar-refractivity contribution < 1.29 is 23.6 Å². The number of nitro benzene ring substituents is 1. The van der Waals surface area contributed by atoms with Crippen LogP contribution in [-0.2, 0) is 4.74 Å². The highest BCUT2D eigenvalue weighted by atomic mass is 35.5. The highest BCUT2D eigenvalue weighted by molar-refractivity contribution is 6.32. The van der Waals surface area contributed by atoms with E-state index in [1.165, 1.54) is 60.7 Å². The molecule has 0 unspecified atom stereocenters. The summed E-state index contributed by atoms with van der Waals surface area (Å²) in [5, 5.41) is 13.5.